The average molecular weight is 340 g/mol. The quantitative estimate of drug-likeness (QED) is 0.747. The number of benzene rings is 1. The van der Waals surface area contributed by atoms with E-state index in [4.69, 9.17) is 27.9 Å². The molecule has 0 aliphatic carbocycles. The van der Waals surface area contributed by atoms with Crippen LogP contribution >= 0.6 is 23.2 Å². The molecule has 0 aliphatic rings. The highest BCUT2D eigenvalue weighted by molar-refractivity contribution is 7.92. The molecule has 1 aromatic rings. The Hall–Kier alpha value is -0.980. The number of sulfonamides is 1. The molecule has 0 aliphatic heterocycles. The lowest BCUT2D eigenvalue weighted by atomic mass is 10.3. The number of anilines is 1. The lowest BCUT2D eigenvalue weighted by molar-refractivity contribution is -0.141. The smallest absolute Gasteiger partial charge is 0.326 e. The zero-order chi connectivity index (χ0) is 15.3. The molecule has 5 nitrogen and oxygen atoms in total. The summed E-state index contributed by atoms with van der Waals surface area (Å²) in [6.07, 6.45) is 0. The number of nitrogens with zero attached hydrogens (tertiary/aromatic N) is 1. The summed E-state index contributed by atoms with van der Waals surface area (Å²) in [4.78, 5) is 11.6. The fraction of sp³-hybridized carbons (Fsp3) is 0.417. The molecule has 1 rings (SSSR count). The third-order valence-corrected chi connectivity index (χ3v) is 4.95. The molecule has 0 spiro atoms. The summed E-state index contributed by atoms with van der Waals surface area (Å²) in [5.74, 6) is -0.775. The zero-order valence-corrected chi connectivity index (χ0v) is 13.4. The van der Waals surface area contributed by atoms with Crippen molar-refractivity contribution in [1.82, 2.24) is 0 Å². The Morgan fingerprint density at radius 1 is 1.25 bits per heavy atom. The van der Waals surface area contributed by atoms with Crippen molar-refractivity contribution < 1.29 is 17.9 Å². The molecule has 8 heteroatoms. The molecule has 0 bridgehead atoms. The van der Waals surface area contributed by atoms with Crippen molar-refractivity contribution in [2.75, 3.05) is 23.2 Å². The maximum Gasteiger partial charge on any atom is 0.326 e. The first-order valence-corrected chi connectivity index (χ1v) is 8.29. The topological polar surface area (TPSA) is 63.7 Å². The number of carbonyl (C=O) groups is 1. The first-order chi connectivity index (χ1) is 9.31. The largest absolute Gasteiger partial charge is 0.465 e. The second-order valence-corrected chi connectivity index (χ2v) is 6.81. The number of esters is 1. The predicted molar refractivity (Wildman–Crippen MR) is 79.9 cm³/mol. The van der Waals surface area contributed by atoms with Gasteiger partial charge in [0.2, 0.25) is 10.0 Å². The number of rotatable bonds is 6. The van der Waals surface area contributed by atoms with Crippen LogP contribution in [0.4, 0.5) is 5.69 Å². The highest BCUT2D eigenvalue weighted by Gasteiger charge is 2.24. The Morgan fingerprint density at radius 2 is 1.90 bits per heavy atom. The molecule has 0 fully saturated rings. The molecule has 0 aromatic heterocycles. The van der Waals surface area contributed by atoms with Gasteiger partial charge in [0.25, 0.3) is 0 Å². The summed E-state index contributed by atoms with van der Waals surface area (Å²) in [5.41, 5.74) is 0.273. The van der Waals surface area contributed by atoms with Gasteiger partial charge >= 0.3 is 5.97 Å². The van der Waals surface area contributed by atoms with Gasteiger partial charge in [-0.2, -0.15) is 0 Å². The minimum Gasteiger partial charge on any atom is -0.465 e. The van der Waals surface area contributed by atoms with Crippen molar-refractivity contribution in [3.8, 4) is 0 Å². The van der Waals surface area contributed by atoms with Crippen LogP contribution < -0.4 is 4.31 Å². The van der Waals surface area contributed by atoms with E-state index < -0.39 is 22.5 Å². The number of halogens is 2. The van der Waals surface area contributed by atoms with Crippen LogP contribution in [-0.4, -0.2) is 33.3 Å². The molecular weight excluding hydrogens is 325 g/mol. The molecule has 0 saturated heterocycles. The van der Waals surface area contributed by atoms with Crippen molar-refractivity contribution in [1.29, 1.82) is 0 Å². The minimum atomic E-state index is -3.63. The van der Waals surface area contributed by atoms with Crippen molar-refractivity contribution in [3.63, 3.8) is 0 Å². The van der Waals surface area contributed by atoms with E-state index in [1.807, 2.05) is 0 Å². The molecule has 0 atom stereocenters. The van der Waals surface area contributed by atoms with Gasteiger partial charge in [0.05, 0.1) is 28.1 Å². The molecular formula is C12H15Cl2NO4S. The van der Waals surface area contributed by atoms with Crippen molar-refractivity contribution in [2.24, 2.45) is 0 Å². The van der Waals surface area contributed by atoms with Crippen molar-refractivity contribution in [2.45, 2.75) is 13.8 Å². The number of hydrogen-bond acceptors (Lipinski definition) is 4. The van der Waals surface area contributed by atoms with Crippen LogP contribution in [-0.2, 0) is 19.6 Å². The monoisotopic (exact) mass is 339 g/mol. The van der Waals surface area contributed by atoms with E-state index in [0.717, 1.165) is 4.31 Å². The summed E-state index contributed by atoms with van der Waals surface area (Å²) < 4.78 is 29.9. The summed E-state index contributed by atoms with van der Waals surface area (Å²) in [6, 6.07) is 4.36. The Kier molecular flexibility index (Phi) is 6.10. The van der Waals surface area contributed by atoms with Crippen LogP contribution in [0.1, 0.15) is 13.8 Å². The van der Waals surface area contributed by atoms with Crippen LogP contribution in [0.2, 0.25) is 10.0 Å². The van der Waals surface area contributed by atoms with E-state index >= 15 is 0 Å². The van der Waals surface area contributed by atoms with Gasteiger partial charge in [-0.25, -0.2) is 8.42 Å². The third kappa shape index (κ3) is 4.26. The minimum absolute atomic E-state index is 0.146. The molecule has 1 aromatic carbocycles. The van der Waals surface area contributed by atoms with Gasteiger partial charge in [-0.3, -0.25) is 9.10 Å². The summed E-state index contributed by atoms with van der Waals surface area (Å²) >= 11 is 11.7. The fourth-order valence-corrected chi connectivity index (χ4v) is 2.81. The average Bonchev–Trinajstić information content (AvgIpc) is 2.39. The summed E-state index contributed by atoms with van der Waals surface area (Å²) in [6.45, 7) is 2.92. The Balaban J connectivity index is 3.16. The molecule has 112 valence electrons. The maximum atomic E-state index is 12.1. The zero-order valence-electron chi connectivity index (χ0n) is 11.1. The summed E-state index contributed by atoms with van der Waals surface area (Å²) in [7, 11) is -3.63. The Morgan fingerprint density at radius 3 is 2.40 bits per heavy atom. The van der Waals surface area contributed by atoms with Gasteiger partial charge in [0, 0.05) is 0 Å². The SMILES string of the molecule is CCOC(=O)CN(c1ccc(Cl)c(Cl)c1)S(=O)(=O)CC. The Labute approximate surface area is 128 Å². The first-order valence-electron chi connectivity index (χ1n) is 5.93. The van der Waals surface area contributed by atoms with Crippen LogP contribution in [0, 0.1) is 0 Å². The lowest BCUT2D eigenvalue weighted by Crippen LogP contribution is -2.37. The van der Waals surface area contributed by atoms with Crippen LogP contribution in [0.5, 0.6) is 0 Å². The van der Waals surface area contributed by atoms with Gasteiger partial charge in [0.15, 0.2) is 0 Å². The highest BCUT2D eigenvalue weighted by Crippen LogP contribution is 2.28. The van der Waals surface area contributed by atoms with Gasteiger partial charge in [0.1, 0.15) is 6.54 Å². The van der Waals surface area contributed by atoms with Gasteiger partial charge in [-0.15, -0.1) is 0 Å². The van der Waals surface area contributed by atoms with Gasteiger partial charge in [-0.05, 0) is 32.0 Å². The third-order valence-electron chi connectivity index (χ3n) is 2.47. The fourth-order valence-electron chi connectivity index (χ4n) is 1.47. The predicted octanol–water partition coefficient (Wildman–Crippen LogP) is 2.71. The normalized spacial score (nSPS) is 11.2. The van der Waals surface area contributed by atoms with Crippen LogP contribution in [0.15, 0.2) is 18.2 Å². The second-order valence-electron chi connectivity index (χ2n) is 3.81. The molecule has 0 radical (unpaired) electrons. The number of carbonyl (C=O) groups excluding carboxylic acids is 1. The molecule has 0 saturated carbocycles. The van der Waals surface area contributed by atoms with Crippen molar-refractivity contribution in [3.05, 3.63) is 28.2 Å². The summed E-state index contributed by atoms with van der Waals surface area (Å²) in [5, 5.41) is 0.518. The molecule has 20 heavy (non-hydrogen) atoms. The lowest BCUT2D eigenvalue weighted by Gasteiger charge is -2.23. The first kappa shape index (κ1) is 17.1. The van der Waals surface area contributed by atoms with Gasteiger partial charge in [-0.1, -0.05) is 23.2 Å². The highest BCUT2D eigenvalue weighted by atomic mass is 35.5. The maximum absolute atomic E-state index is 12.1. The van der Waals surface area contributed by atoms with E-state index in [1.165, 1.54) is 25.1 Å². The van der Waals surface area contributed by atoms with E-state index in [2.05, 4.69) is 0 Å². The molecule has 0 unspecified atom stereocenters. The van der Waals surface area contributed by atoms with E-state index in [1.54, 1.807) is 6.92 Å². The standard InChI is InChI=1S/C12H15Cl2NO4S/c1-3-19-12(16)8-15(20(17,18)4-2)9-5-6-10(13)11(14)7-9/h5-7H,3-4,8H2,1-2H3. The van der Waals surface area contributed by atoms with E-state index in [9.17, 15) is 13.2 Å². The Bertz CT molecular complexity index is 589. The molecule has 0 N–H and O–H groups in total. The van der Waals surface area contributed by atoms with Crippen LogP contribution in [0.3, 0.4) is 0 Å². The number of hydrogen-bond donors (Lipinski definition) is 0. The molecule has 0 heterocycles. The number of ether oxygens (including phenoxy) is 1. The molecule has 0 amide bonds. The van der Waals surface area contributed by atoms with Crippen molar-refractivity contribution >= 4 is 44.9 Å². The van der Waals surface area contributed by atoms with E-state index in [0.29, 0.717) is 5.02 Å². The van der Waals surface area contributed by atoms with Crippen LogP contribution in [0.25, 0.3) is 0 Å². The second kappa shape index (κ2) is 7.15. The van der Waals surface area contributed by atoms with E-state index in [-0.39, 0.29) is 23.1 Å². The van der Waals surface area contributed by atoms with Gasteiger partial charge < -0.3 is 4.74 Å².